The summed E-state index contributed by atoms with van der Waals surface area (Å²) < 4.78 is 53.2. The van der Waals surface area contributed by atoms with E-state index in [2.05, 4.69) is 14.8 Å². The van der Waals surface area contributed by atoms with Gasteiger partial charge in [0.2, 0.25) is 21.5 Å². The summed E-state index contributed by atoms with van der Waals surface area (Å²) in [5.41, 5.74) is -1.12. The van der Waals surface area contributed by atoms with Crippen molar-refractivity contribution in [3.8, 4) is 0 Å². The highest BCUT2D eigenvalue weighted by atomic mass is 32.2. The Kier molecular flexibility index (Phi) is 4.17. The molecule has 0 amide bonds. The van der Waals surface area contributed by atoms with Gasteiger partial charge < -0.3 is 4.98 Å². The number of pyridine rings is 1. The zero-order chi connectivity index (χ0) is 19.1. The van der Waals surface area contributed by atoms with E-state index >= 15 is 0 Å². The summed E-state index contributed by atoms with van der Waals surface area (Å²) in [4.78, 5) is 22.5. The molecule has 0 saturated heterocycles. The van der Waals surface area contributed by atoms with Crippen LogP contribution in [0.15, 0.2) is 30.6 Å². The molecule has 0 aliphatic carbocycles. The Bertz CT molecular complexity index is 1200. The van der Waals surface area contributed by atoms with Crippen molar-refractivity contribution in [2.45, 2.75) is 0 Å². The van der Waals surface area contributed by atoms with E-state index in [0.717, 1.165) is 18.4 Å². The normalized spacial score (nSPS) is 11.3. The molecule has 2 heterocycles. The number of rotatable bonds is 4. The molecule has 2 N–H and O–H groups in total. The number of aromatic amines is 1. The summed E-state index contributed by atoms with van der Waals surface area (Å²) >= 11 is 0. The van der Waals surface area contributed by atoms with Crippen molar-refractivity contribution in [2.75, 3.05) is 11.0 Å². The monoisotopic (exact) mass is 376 g/mol. The third kappa shape index (κ3) is 3.12. The number of benzene rings is 1. The van der Waals surface area contributed by atoms with E-state index in [0.29, 0.717) is 0 Å². The third-order valence-corrected chi connectivity index (χ3v) is 4.09. The van der Waals surface area contributed by atoms with Crippen LogP contribution in [0.3, 0.4) is 0 Å². The first-order valence-corrected chi connectivity index (χ1v) is 8.95. The topological polar surface area (TPSA) is 96.3 Å². The Balaban J connectivity index is 2.17. The van der Waals surface area contributed by atoms with E-state index in [1.807, 2.05) is 4.72 Å². The fourth-order valence-electron chi connectivity index (χ4n) is 2.42. The van der Waals surface area contributed by atoms with Crippen LogP contribution in [0.2, 0.25) is 0 Å². The number of anilines is 1. The number of hydrogen-bond donors (Lipinski definition) is 2. The van der Waals surface area contributed by atoms with Gasteiger partial charge in [-0.3, -0.25) is 14.5 Å². The Morgan fingerprint density at radius 3 is 2.73 bits per heavy atom. The molecule has 7 nitrogen and oxygen atoms in total. The highest BCUT2D eigenvalue weighted by molar-refractivity contribution is 7.92. The van der Waals surface area contributed by atoms with E-state index < -0.39 is 38.7 Å². The molecule has 2 aromatic heterocycles. The van der Waals surface area contributed by atoms with Crippen LogP contribution in [0.1, 0.15) is 15.9 Å². The Labute approximate surface area is 146 Å². The SMILES string of the molecule is [C-]#[N+]c1cnc2[nH]cc(C(=O)c3c(F)ccc(NS(C)(=O)=O)c3F)c2c1. The highest BCUT2D eigenvalue weighted by Crippen LogP contribution is 2.28. The van der Waals surface area contributed by atoms with Crippen molar-refractivity contribution < 1.29 is 22.0 Å². The second kappa shape index (κ2) is 6.20. The number of carbonyl (C=O) groups excluding carboxylic acids is 1. The molecule has 0 saturated carbocycles. The molecule has 132 valence electrons. The lowest BCUT2D eigenvalue weighted by Gasteiger charge is -2.09. The molecule has 0 bridgehead atoms. The van der Waals surface area contributed by atoms with Crippen LogP contribution in [-0.2, 0) is 10.0 Å². The molecule has 1 aromatic carbocycles. The molecular formula is C16H10F2N4O3S. The quantitative estimate of drug-likeness (QED) is 0.540. The number of ketones is 1. The van der Waals surface area contributed by atoms with E-state index in [9.17, 15) is 22.0 Å². The molecule has 10 heteroatoms. The zero-order valence-corrected chi connectivity index (χ0v) is 14.0. The summed E-state index contributed by atoms with van der Waals surface area (Å²) in [7, 11) is -3.83. The van der Waals surface area contributed by atoms with Crippen LogP contribution in [-0.4, -0.2) is 30.4 Å². The summed E-state index contributed by atoms with van der Waals surface area (Å²) in [6.07, 6.45) is 3.32. The van der Waals surface area contributed by atoms with Gasteiger partial charge in [-0.15, -0.1) is 0 Å². The molecule has 3 aromatic rings. The number of halogens is 2. The first-order valence-electron chi connectivity index (χ1n) is 7.06. The van der Waals surface area contributed by atoms with Gasteiger partial charge in [-0.1, -0.05) is 0 Å². The van der Waals surface area contributed by atoms with E-state index in [-0.39, 0.29) is 22.3 Å². The fraction of sp³-hybridized carbons (Fsp3) is 0.0625. The lowest BCUT2D eigenvalue weighted by molar-refractivity contribution is 0.103. The smallest absolute Gasteiger partial charge is 0.229 e. The third-order valence-electron chi connectivity index (χ3n) is 3.50. The second-order valence-electron chi connectivity index (χ2n) is 5.39. The number of fused-ring (bicyclic) bond motifs is 1. The summed E-state index contributed by atoms with van der Waals surface area (Å²) in [5, 5.41) is 0.226. The number of sulfonamides is 1. The fourth-order valence-corrected chi connectivity index (χ4v) is 2.97. The molecular weight excluding hydrogens is 366 g/mol. The Hall–Kier alpha value is -3.32. The van der Waals surface area contributed by atoms with Crippen LogP contribution >= 0.6 is 0 Å². The van der Waals surface area contributed by atoms with Gasteiger partial charge in [0.15, 0.2) is 5.82 Å². The van der Waals surface area contributed by atoms with Gasteiger partial charge in [0.1, 0.15) is 11.5 Å². The van der Waals surface area contributed by atoms with Gasteiger partial charge in [0, 0.05) is 23.3 Å². The van der Waals surface area contributed by atoms with Crippen molar-refractivity contribution in [1.29, 1.82) is 0 Å². The van der Waals surface area contributed by atoms with Gasteiger partial charge in [-0.25, -0.2) is 22.0 Å². The number of nitrogens with one attached hydrogen (secondary N) is 2. The van der Waals surface area contributed by atoms with Gasteiger partial charge >= 0.3 is 0 Å². The molecule has 0 unspecified atom stereocenters. The molecule has 26 heavy (non-hydrogen) atoms. The molecule has 0 fully saturated rings. The average Bonchev–Trinajstić information content (AvgIpc) is 2.99. The number of carbonyl (C=O) groups is 1. The number of H-pyrrole nitrogens is 1. The van der Waals surface area contributed by atoms with Crippen molar-refractivity contribution in [2.24, 2.45) is 0 Å². The summed E-state index contributed by atoms with van der Waals surface area (Å²) in [6.45, 7) is 7.00. The van der Waals surface area contributed by atoms with Crippen LogP contribution < -0.4 is 4.72 Å². The first kappa shape index (κ1) is 17.5. The number of hydrogen-bond acceptors (Lipinski definition) is 4. The van der Waals surface area contributed by atoms with Gasteiger partial charge in [-0.05, 0) is 18.2 Å². The number of aromatic nitrogens is 2. The maximum absolute atomic E-state index is 14.6. The van der Waals surface area contributed by atoms with Crippen molar-refractivity contribution in [1.82, 2.24) is 9.97 Å². The van der Waals surface area contributed by atoms with Crippen LogP contribution in [0.25, 0.3) is 15.9 Å². The molecule has 0 aliphatic rings. The minimum Gasteiger partial charge on any atom is -0.345 e. The predicted octanol–water partition coefficient (Wildman–Crippen LogP) is 2.99. The van der Waals surface area contributed by atoms with E-state index in [4.69, 9.17) is 6.57 Å². The lowest BCUT2D eigenvalue weighted by atomic mass is 10.0. The molecule has 0 aliphatic heterocycles. The van der Waals surface area contributed by atoms with Gasteiger partial charge in [-0.2, -0.15) is 0 Å². The van der Waals surface area contributed by atoms with Crippen molar-refractivity contribution >= 4 is 38.2 Å². The zero-order valence-electron chi connectivity index (χ0n) is 13.2. The molecule has 0 radical (unpaired) electrons. The molecule has 0 atom stereocenters. The Morgan fingerprint density at radius 1 is 1.35 bits per heavy atom. The average molecular weight is 376 g/mol. The van der Waals surface area contributed by atoms with E-state index in [1.54, 1.807) is 0 Å². The second-order valence-corrected chi connectivity index (χ2v) is 7.14. The minimum absolute atomic E-state index is 0.0905. The summed E-state index contributed by atoms with van der Waals surface area (Å²) in [6, 6.07) is 3.05. The number of nitrogens with zero attached hydrogens (tertiary/aromatic N) is 2. The van der Waals surface area contributed by atoms with Gasteiger partial charge in [0.05, 0.1) is 24.1 Å². The molecule has 3 rings (SSSR count). The van der Waals surface area contributed by atoms with Crippen LogP contribution in [0, 0.1) is 18.2 Å². The van der Waals surface area contributed by atoms with E-state index in [1.165, 1.54) is 18.5 Å². The largest absolute Gasteiger partial charge is 0.345 e. The lowest BCUT2D eigenvalue weighted by Crippen LogP contribution is -2.14. The Morgan fingerprint density at radius 2 is 2.08 bits per heavy atom. The summed E-state index contributed by atoms with van der Waals surface area (Å²) in [5.74, 6) is -3.48. The highest BCUT2D eigenvalue weighted by Gasteiger charge is 2.25. The standard InChI is InChI=1S/C16H10F2N4O3S/c1-19-8-5-9-10(7-21-16(9)20-6-8)15(23)13-11(17)3-4-12(14(13)18)22-26(2,24)25/h3-7,22H,2H3,(H,20,21). The van der Waals surface area contributed by atoms with Gasteiger partial charge in [0.25, 0.3) is 0 Å². The minimum atomic E-state index is -3.83. The van der Waals surface area contributed by atoms with Crippen LogP contribution in [0.4, 0.5) is 20.2 Å². The first-order chi connectivity index (χ1) is 12.2. The molecule has 0 spiro atoms. The predicted molar refractivity (Wildman–Crippen MR) is 90.6 cm³/mol. The maximum atomic E-state index is 14.6. The van der Waals surface area contributed by atoms with Crippen molar-refractivity contribution in [3.63, 3.8) is 0 Å². The maximum Gasteiger partial charge on any atom is 0.229 e. The van der Waals surface area contributed by atoms with Crippen LogP contribution in [0.5, 0.6) is 0 Å². The van der Waals surface area contributed by atoms with Crippen molar-refractivity contribution in [3.05, 3.63) is 64.8 Å².